The van der Waals surface area contributed by atoms with Gasteiger partial charge < -0.3 is 15.4 Å². The molecule has 0 spiro atoms. The number of methoxy groups -OCH3 is 1. The Morgan fingerprint density at radius 2 is 1.84 bits per heavy atom. The lowest BCUT2D eigenvalue weighted by Crippen LogP contribution is -2.19. The molecule has 0 bridgehead atoms. The van der Waals surface area contributed by atoms with Crippen LogP contribution >= 0.6 is 34.9 Å². The van der Waals surface area contributed by atoms with Gasteiger partial charge in [0.1, 0.15) is 5.00 Å². The third-order valence-corrected chi connectivity index (χ3v) is 5.82. The van der Waals surface area contributed by atoms with Crippen molar-refractivity contribution in [1.29, 1.82) is 0 Å². The Morgan fingerprint density at radius 1 is 1.12 bits per heavy atom. The first-order chi connectivity index (χ1) is 11.9. The Hall–Kier alpha value is -2.03. The molecule has 0 unspecified atom stereocenters. The fraction of sp³-hybridized carbons (Fsp3) is 0.235. The SMILES string of the molecule is COC(=O)c1cc(C)sc1NC(=S)Nc1nc2cc(C)c(C)cc2s1. The molecule has 2 heterocycles. The van der Waals surface area contributed by atoms with Gasteiger partial charge in [-0.1, -0.05) is 11.3 Å². The summed E-state index contributed by atoms with van der Waals surface area (Å²) in [6.07, 6.45) is 0. The number of benzene rings is 1. The normalized spacial score (nSPS) is 10.7. The molecule has 0 radical (unpaired) electrons. The van der Waals surface area contributed by atoms with Crippen LogP contribution in [0, 0.1) is 20.8 Å². The Balaban J connectivity index is 1.78. The number of nitrogens with zero attached hydrogens (tertiary/aromatic N) is 1. The second-order valence-corrected chi connectivity index (χ2v) is 8.29. The fourth-order valence-electron chi connectivity index (χ4n) is 2.33. The number of thiophene rings is 1. The minimum atomic E-state index is -0.388. The lowest BCUT2D eigenvalue weighted by atomic mass is 10.1. The number of aryl methyl sites for hydroxylation is 3. The average Bonchev–Trinajstić information content (AvgIpc) is 3.09. The highest BCUT2D eigenvalue weighted by Crippen LogP contribution is 2.30. The number of thiocarbonyl (C=S) groups is 1. The minimum Gasteiger partial charge on any atom is -0.465 e. The molecule has 0 atom stereocenters. The average molecular weight is 392 g/mol. The van der Waals surface area contributed by atoms with Crippen molar-refractivity contribution in [3.63, 3.8) is 0 Å². The number of carbonyl (C=O) groups excluding carboxylic acids is 1. The van der Waals surface area contributed by atoms with Crippen molar-refractivity contribution in [2.75, 3.05) is 17.7 Å². The summed E-state index contributed by atoms with van der Waals surface area (Å²) in [6.45, 7) is 6.08. The number of fused-ring (bicyclic) bond motifs is 1. The monoisotopic (exact) mass is 391 g/mol. The van der Waals surface area contributed by atoms with Crippen molar-refractivity contribution in [1.82, 2.24) is 4.98 Å². The lowest BCUT2D eigenvalue weighted by Gasteiger charge is -2.07. The maximum Gasteiger partial charge on any atom is 0.340 e. The number of carbonyl (C=O) groups is 1. The van der Waals surface area contributed by atoms with Gasteiger partial charge in [-0.15, -0.1) is 11.3 Å². The first-order valence-corrected chi connectivity index (χ1v) is 9.56. The van der Waals surface area contributed by atoms with Gasteiger partial charge in [0.25, 0.3) is 0 Å². The van der Waals surface area contributed by atoms with Crippen molar-refractivity contribution >= 4 is 66.3 Å². The molecule has 0 saturated heterocycles. The van der Waals surface area contributed by atoms with Gasteiger partial charge in [0, 0.05) is 4.88 Å². The summed E-state index contributed by atoms with van der Waals surface area (Å²) in [6, 6.07) is 5.98. The summed E-state index contributed by atoms with van der Waals surface area (Å²) in [5, 5.41) is 7.92. The number of anilines is 2. The number of ether oxygens (including phenoxy) is 1. The van der Waals surface area contributed by atoms with Gasteiger partial charge in [0.05, 0.1) is 22.9 Å². The highest BCUT2D eigenvalue weighted by atomic mass is 32.1. The minimum absolute atomic E-state index is 0.388. The summed E-state index contributed by atoms with van der Waals surface area (Å²) in [5.74, 6) is -0.388. The summed E-state index contributed by atoms with van der Waals surface area (Å²) in [5.41, 5.74) is 3.87. The molecular formula is C17H17N3O2S3. The standard InChI is InChI=1S/C17H17N3O2S3/c1-8-5-12-13(6-9(8)2)25-17(18-12)20-16(23)19-14-11(15(21)22-4)7-10(3)24-14/h5-7H,1-4H3,(H2,18,19,20,23). The number of hydrogen-bond acceptors (Lipinski definition) is 6. The second-order valence-electron chi connectivity index (χ2n) is 5.59. The summed E-state index contributed by atoms with van der Waals surface area (Å²) < 4.78 is 5.91. The Kier molecular flexibility index (Phi) is 5.03. The zero-order valence-corrected chi connectivity index (χ0v) is 16.7. The van der Waals surface area contributed by atoms with E-state index in [4.69, 9.17) is 17.0 Å². The molecule has 25 heavy (non-hydrogen) atoms. The Labute approximate surface area is 159 Å². The molecule has 0 saturated carbocycles. The number of esters is 1. The van der Waals surface area contributed by atoms with Crippen LogP contribution in [0.25, 0.3) is 10.2 Å². The number of nitrogens with one attached hydrogen (secondary N) is 2. The largest absolute Gasteiger partial charge is 0.465 e. The van der Waals surface area contributed by atoms with E-state index in [1.54, 1.807) is 17.4 Å². The first kappa shape index (κ1) is 17.8. The first-order valence-electron chi connectivity index (χ1n) is 7.52. The molecule has 2 N–H and O–H groups in total. The molecule has 0 aliphatic carbocycles. The molecule has 8 heteroatoms. The van der Waals surface area contributed by atoms with E-state index in [-0.39, 0.29) is 5.97 Å². The molecule has 1 aromatic carbocycles. The predicted molar refractivity (Wildman–Crippen MR) is 109 cm³/mol. The number of thiazole rings is 1. The van der Waals surface area contributed by atoms with E-state index >= 15 is 0 Å². The van der Waals surface area contributed by atoms with Gasteiger partial charge >= 0.3 is 5.97 Å². The van der Waals surface area contributed by atoms with Crippen LogP contribution in [-0.2, 0) is 4.74 Å². The quantitative estimate of drug-likeness (QED) is 0.490. The maximum atomic E-state index is 11.8. The van der Waals surface area contributed by atoms with Crippen LogP contribution in [0.2, 0.25) is 0 Å². The summed E-state index contributed by atoms with van der Waals surface area (Å²) >= 11 is 8.36. The summed E-state index contributed by atoms with van der Waals surface area (Å²) in [4.78, 5) is 17.4. The maximum absolute atomic E-state index is 11.8. The second kappa shape index (κ2) is 7.07. The van der Waals surface area contributed by atoms with E-state index in [9.17, 15) is 4.79 Å². The third-order valence-electron chi connectivity index (χ3n) is 3.71. The molecule has 3 aromatic rings. The number of aromatic nitrogens is 1. The zero-order valence-electron chi connectivity index (χ0n) is 14.2. The van der Waals surface area contributed by atoms with E-state index in [1.165, 1.54) is 29.6 Å². The third kappa shape index (κ3) is 3.81. The van der Waals surface area contributed by atoms with Crippen LogP contribution in [0.4, 0.5) is 10.1 Å². The van der Waals surface area contributed by atoms with Crippen LogP contribution < -0.4 is 10.6 Å². The van der Waals surface area contributed by atoms with Crippen molar-refractivity contribution in [3.8, 4) is 0 Å². The molecule has 0 aliphatic rings. The van der Waals surface area contributed by atoms with Gasteiger partial charge in [-0.05, 0) is 62.3 Å². The molecule has 0 amide bonds. The van der Waals surface area contributed by atoms with E-state index in [2.05, 4.69) is 41.6 Å². The van der Waals surface area contributed by atoms with Crippen LogP contribution in [0.5, 0.6) is 0 Å². The van der Waals surface area contributed by atoms with Gasteiger partial charge in [-0.2, -0.15) is 0 Å². The van der Waals surface area contributed by atoms with Crippen LogP contribution in [0.3, 0.4) is 0 Å². The van der Waals surface area contributed by atoms with E-state index in [0.717, 1.165) is 15.1 Å². The van der Waals surface area contributed by atoms with Crippen molar-refractivity contribution in [2.45, 2.75) is 20.8 Å². The van der Waals surface area contributed by atoms with Crippen LogP contribution in [0.15, 0.2) is 18.2 Å². The topological polar surface area (TPSA) is 63.2 Å². The van der Waals surface area contributed by atoms with E-state index in [1.807, 2.05) is 6.92 Å². The molecule has 5 nitrogen and oxygen atoms in total. The lowest BCUT2D eigenvalue weighted by molar-refractivity contribution is 0.0602. The van der Waals surface area contributed by atoms with Gasteiger partial charge in [-0.3, -0.25) is 0 Å². The molecular weight excluding hydrogens is 374 g/mol. The van der Waals surface area contributed by atoms with Gasteiger partial charge in [-0.25, -0.2) is 9.78 Å². The van der Waals surface area contributed by atoms with Crippen LogP contribution in [-0.4, -0.2) is 23.2 Å². The fourth-order valence-corrected chi connectivity index (χ4v) is 4.52. The molecule has 0 fully saturated rings. The van der Waals surface area contributed by atoms with Crippen molar-refractivity contribution in [2.24, 2.45) is 0 Å². The van der Waals surface area contributed by atoms with E-state index < -0.39 is 0 Å². The number of rotatable bonds is 3. The van der Waals surface area contributed by atoms with Gasteiger partial charge in [0.15, 0.2) is 10.2 Å². The van der Waals surface area contributed by atoms with Crippen LogP contribution in [0.1, 0.15) is 26.4 Å². The molecule has 0 aliphatic heterocycles. The van der Waals surface area contributed by atoms with Crippen molar-refractivity contribution < 1.29 is 9.53 Å². The van der Waals surface area contributed by atoms with E-state index in [0.29, 0.717) is 20.8 Å². The predicted octanol–water partition coefficient (Wildman–Crippen LogP) is 4.88. The highest BCUT2D eigenvalue weighted by molar-refractivity contribution is 7.80. The van der Waals surface area contributed by atoms with Crippen molar-refractivity contribution in [3.05, 3.63) is 39.8 Å². The Bertz CT molecular complexity index is 936. The number of hydrogen-bond donors (Lipinski definition) is 2. The smallest absolute Gasteiger partial charge is 0.340 e. The zero-order chi connectivity index (χ0) is 18.1. The summed E-state index contributed by atoms with van der Waals surface area (Å²) in [7, 11) is 1.36. The van der Waals surface area contributed by atoms with Gasteiger partial charge in [0.2, 0.25) is 0 Å². The molecule has 3 rings (SSSR count). The highest BCUT2D eigenvalue weighted by Gasteiger charge is 2.16. The molecule has 130 valence electrons. The molecule has 2 aromatic heterocycles. The Morgan fingerprint density at radius 3 is 2.56 bits per heavy atom.